The van der Waals surface area contributed by atoms with Crippen molar-refractivity contribution in [2.45, 2.75) is 20.0 Å². The summed E-state index contributed by atoms with van der Waals surface area (Å²) in [5.41, 5.74) is 0.805. The van der Waals surface area contributed by atoms with Crippen molar-refractivity contribution < 1.29 is 18.6 Å². The molecule has 0 fully saturated rings. The van der Waals surface area contributed by atoms with E-state index in [1.807, 2.05) is 13.8 Å². The largest absolute Gasteiger partial charge is 0.493 e. The maximum atomic E-state index is 13.0. The highest BCUT2D eigenvalue weighted by molar-refractivity contribution is 6.31. The van der Waals surface area contributed by atoms with Crippen LogP contribution in [-0.2, 0) is 0 Å². The summed E-state index contributed by atoms with van der Waals surface area (Å²) < 4.78 is 22.4. The van der Waals surface area contributed by atoms with Crippen molar-refractivity contribution in [2.75, 3.05) is 14.2 Å². The van der Waals surface area contributed by atoms with E-state index in [1.54, 1.807) is 50.6 Å². The maximum absolute atomic E-state index is 13.0. The zero-order valence-corrected chi connectivity index (χ0v) is 15.7. The number of methoxy groups -OCH3 is 2. The van der Waals surface area contributed by atoms with E-state index in [4.69, 9.17) is 30.2 Å². The molecule has 0 aliphatic carbocycles. The Kier molecular flexibility index (Phi) is 5.09. The van der Waals surface area contributed by atoms with Gasteiger partial charge in [0.2, 0.25) is 11.2 Å². The summed E-state index contributed by atoms with van der Waals surface area (Å²) in [6.45, 7) is 3.69. The van der Waals surface area contributed by atoms with Crippen molar-refractivity contribution in [3.63, 3.8) is 0 Å². The van der Waals surface area contributed by atoms with Crippen LogP contribution in [0.15, 0.2) is 45.6 Å². The van der Waals surface area contributed by atoms with E-state index >= 15 is 0 Å². The maximum Gasteiger partial charge on any atom is 0.235 e. The minimum absolute atomic E-state index is 0.141. The molecule has 1 aromatic heterocycles. The van der Waals surface area contributed by atoms with Gasteiger partial charge in [0.15, 0.2) is 17.3 Å². The molecule has 0 atom stereocenters. The van der Waals surface area contributed by atoms with Gasteiger partial charge >= 0.3 is 0 Å². The molecule has 136 valence electrons. The van der Waals surface area contributed by atoms with Crippen LogP contribution >= 0.6 is 11.6 Å². The summed E-state index contributed by atoms with van der Waals surface area (Å²) in [7, 11) is 3.11. The molecule has 2 aromatic carbocycles. The van der Waals surface area contributed by atoms with Gasteiger partial charge in [-0.25, -0.2) is 0 Å². The average Bonchev–Trinajstić information content (AvgIpc) is 2.63. The molecule has 0 N–H and O–H groups in total. The molecule has 0 aliphatic rings. The van der Waals surface area contributed by atoms with E-state index in [2.05, 4.69) is 0 Å². The number of rotatable bonds is 5. The summed E-state index contributed by atoms with van der Waals surface area (Å²) in [4.78, 5) is 13.0. The number of ether oxygens (including phenoxy) is 3. The summed E-state index contributed by atoms with van der Waals surface area (Å²) in [5, 5.41) is 0.830. The van der Waals surface area contributed by atoms with Crippen LogP contribution in [0, 0.1) is 0 Å². The van der Waals surface area contributed by atoms with E-state index in [9.17, 15) is 4.79 Å². The first kappa shape index (κ1) is 18.1. The lowest BCUT2D eigenvalue weighted by atomic mass is 10.1. The van der Waals surface area contributed by atoms with Crippen LogP contribution in [0.5, 0.6) is 17.2 Å². The smallest absolute Gasteiger partial charge is 0.235 e. The molecule has 0 aliphatic heterocycles. The molecule has 5 nitrogen and oxygen atoms in total. The Morgan fingerprint density at radius 3 is 2.38 bits per heavy atom. The fourth-order valence-corrected chi connectivity index (χ4v) is 2.83. The SMILES string of the molecule is COc1ccc(-c2oc3ccc(Cl)cc3c(=O)c2OC(C)C)cc1OC. The van der Waals surface area contributed by atoms with Gasteiger partial charge in [-0.05, 0) is 50.2 Å². The number of halogens is 1. The molecule has 0 saturated carbocycles. The Morgan fingerprint density at radius 2 is 1.73 bits per heavy atom. The summed E-state index contributed by atoms with van der Waals surface area (Å²) in [6, 6.07) is 10.2. The minimum Gasteiger partial charge on any atom is -0.493 e. The molecule has 0 spiro atoms. The predicted molar refractivity (Wildman–Crippen MR) is 102 cm³/mol. The van der Waals surface area contributed by atoms with Gasteiger partial charge in [0, 0.05) is 10.6 Å². The molecule has 3 rings (SSSR count). The molecule has 6 heteroatoms. The molecule has 0 amide bonds. The van der Waals surface area contributed by atoms with Crippen LogP contribution in [0.3, 0.4) is 0 Å². The first-order chi connectivity index (χ1) is 12.4. The Labute approximate surface area is 156 Å². The third-order valence-electron chi connectivity index (χ3n) is 3.81. The second-order valence-electron chi connectivity index (χ2n) is 5.97. The molecule has 0 unspecified atom stereocenters. The van der Waals surface area contributed by atoms with Crippen molar-refractivity contribution in [3.05, 3.63) is 51.6 Å². The van der Waals surface area contributed by atoms with Gasteiger partial charge in [-0.1, -0.05) is 11.6 Å². The van der Waals surface area contributed by atoms with Gasteiger partial charge in [0.05, 0.1) is 25.7 Å². The van der Waals surface area contributed by atoms with Crippen molar-refractivity contribution >= 4 is 22.6 Å². The second kappa shape index (κ2) is 7.30. The molecular formula is C20H19ClO5. The van der Waals surface area contributed by atoms with Crippen LogP contribution < -0.4 is 19.6 Å². The Morgan fingerprint density at radius 1 is 1.00 bits per heavy atom. The monoisotopic (exact) mass is 374 g/mol. The number of fused-ring (bicyclic) bond motifs is 1. The van der Waals surface area contributed by atoms with Crippen LogP contribution in [0.4, 0.5) is 0 Å². The summed E-state index contributed by atoms with van der Waals surface area (Å²) in [5.74, 6) is 1.58. The molecule has 1 heterocycles. The van der Waals surface area contributed by atoms with E-state index in [0.29, 0.717) is 38.8 Å². The van der Waals surface area contributed by atoms with Crippen molar-refractivity contribution in [1.29, 1.82) is 0 Å². The summed E-state index contributed by atoms with van der Waals surface area (Å²) >= 11 is 6.03. The van der Waals surface area contributed by atoms with Crippen molar-refractivity contribution in [3.8, 4) is 28.6 Å². The third-order valence-corrected chi connectivity index (χ3v) is 4.05. The normalized spacial score (nSPS) is 11.0. The van der Waals surface area contributed by atoms with Crippen LogP contribution in [0.2, 0.25) is 5.02 Å². The molecule has 0 bridgehead atoms. The lowest BCUT2D eigenvalue weighted by molar-refractivity contribution is 0.236. The fraction of sp³-hybridized carbons (Fsp3) is 0.250. The van der Waals surface area contributed by atoms with Gasteiger partial charge in [0.25, 0.3) is 0 Å². The first-order valence-corrected chi connectivity index (χ1v) is 8.47. The van der Waals surface area contributed by atoms with Gasteiger partial charge in [-0.2, -0.15) is 0 Å². The van der Waals surface area contributed by atoms with Gasteiger partial charge in [0.1, 0.15) is 5.58 Å². The Hall–Kier alpha value is -2.66. The van der Waals surface area contributed by atoms with Crippen LogP contribution in [0.1, 0.15) is 13.8 Å². The van der Waals surface area contributed by atoms with Gasteiger partial charge in [-0.3, -0.25) is 4.79 Å². The number of hydrogen-bond donors (Lipinski definition) is 0. The lowest BCUT2D eigenvalue weighted by Gasteiger charge is -2.15. The van der Waals surface area contributed by atoms with E-state index < -0.39 is 0 Å². The van der Waals surface area contributed by atoms with E-state index in [1.165, 1.54) is 0 Å². The molecule has 3 aromatic rings. The predicted octanol–water partition coefficient (Wildman–Crippen LogP) is 4.92. The lowest BCUT2D eigenvalue weighted by Crippen LogP contribution is -2.15. The van der Waals surface area contributed by atoms with Crippen molar-refractivity contribution in [1.82, 2.24) is 0 Å². The standard InChI is InChI=1S/C20H19ClO5/c1-11(2)25-20-18(22)14-10-13(21)6-8-15(14)26-19(20)12-5-7-16(23-3)17(9-12)24-4/h5-11H,1-4H3. The highest BCUT2D eigenvalue weighted by Gasteiger charge is 2.20. The number of benzene rings is 2. The van der Waals surface area contributed by atoms with Gasteiger partial charge in [-0.15, -0.1) is 0 Å². The van der Waals surface area contributed by atoms with Crippen LogP contribution in [0.25, 0.3) is 22.3 Å². The highest BCUT2D eigenvalue weighted by atomic mass is 35.5. The fourth-order valence-electron chi connectivity index (χ4n) is 2.66. The molecule has 0 radical (unpaired) electrons. The van der Waals surface area contributed by atoms with Crippen LogP contribution in [-0.4, -0.2) is 20.3 Å². The molecular weight excluding hydrogens is 356 g/mol. The number of hydrogen-bond acceptors (Lipinski definition) is 5. The Bertz CT molecular complexity index is 1010. The molecule has 0 saturated heterocycles. The van der Waals surface area contributed by atoms with E-state index in [0.717, 1.165) is 0 Å². The Balaban J connectivity index is 2.30. The topological polar surface area (TPSA) is 57.9 Å². The van der Waals surface area contributed by atoms with Crippen molar-refractivity contribution in [2.24, 2.45) is 0 Å². The third kappa shape index (κ3) is 3.35. The van der Waals surface area contributed by atoms with E-state index in [-0.39, 0.29) is 17.3 Å². The quantitative estimate of drug-likeness (QED) is 0.634. The zero-order valence-electron chi connectivity index (χ0n) is 15.0. The first-order valence-electron chi connectivity index (χ1n) is 8.10. The average molecular weight is 375 g/mol. The zero-order chi connectivity index (χ0) is 18.8. The molecule has 26 heavy (non-hydrogen) atoms. The second-order valence-corrected chi connectivity index (χ2v) is 6.40. The minimum atomic E-state index is -0.271. The van der Waals surface area contributed by atoms with Gasteiger partial charge < -0.3 is 18.6 Å². The highest BCUT2D eigenvalue weighted by Crippen LogP contribution is 2.37. The summed E-state index contributed by atoms with van der Waals surface area (Å²) in [6.07, 6.45) is -0.201.